The van der Waals surface area contributed by atoms with Crippen molar-refractivity contribution < 1.29 is 14.0 Å². The van der Waals surface area contributed by atoms with Crippen molar-refractivity contribution >= 4 is 0 Å². The maximum Gasteiger partial charge on any atom is 0.127 e. The fourth-order valence-electron chi connectivity index (χ4n) is 3.85. The van der Waals surface area contributed by atoms with Crippen LogP contribution in [0.2, 0.25) is 0 Å². The SMILES string of the molecule is [2H]C([2H])([2H])C1=C[C@H]2c3c(O)cc(CCC)cc3OC(C)(C)[C@@H]2CC1. The first-order valence-corrected chi connectivity index (χ1v) is 7.89. The molecule has 0 fully saturated rings. The lowest BCUT2D eigenvalue weighted by Crippen LogP contribution is -2.45. The van der Waals surface area contributed by atoms with E-state index >= 15 is 0 Å². The van der Waals surface area contributed by atoms with Crippen LogP contribution in [0.4, 0.5) is 0 Å². The Balaban J connectivity index is 2.13. The molecule has 2 atom stereocenters. The van der Waals surface area contributed by atoms with Crippen molar-refractivity contribution in [3.05, 3.63) is 34.9 Å². The zero-order valence-electron chi connectivity index (χ0n) is 16.1. The third-order valence-corrected chi connectivity index (χ3v) is 4.86. The first-order valence-electron chi connectivity index (χ1n) is 9.39. The standard InChI is InChI=1S/C19H26O2/c1-5-6-13-10-16(20)18-14-9-12(2)7-8-15(14)19(3,4)21-17(18)11-13/h9-11,14-15,20H,5-8H2,1-4H3/t14-,15-/m1/s1/i2D3. The Hall–Kier alpha value is -1.44. The Morgan fingerprint density at radius 1 is 1.43 bits per heavy atom. The minimum absolute atomic E-state index is 0.108. The van der Waals surface area contributed by atoms with Gasteiger partial charge in [0, 0.05) is 21.5 Å². The lowest BCUT2D eigenvalue weighted by atomic mass is 9.68. The van der Waals surface area contributed by atoms with Gasteiger partial charge in [0.1, 0.15) is 17.1 Å². The van der Waals surface area contributed by atoms with Crippen molar-refractivity contribution in [3.63, 3.8) is 0 Å². The Morgan fingerprint density at radius 2 is 2.24 bits per heavy atom. The van der Waals surface area contributed by atoms with E-state index in [1.165, 1.54) is 0 Å². The molecule has 0 bridgehead atoms. The molecule has 0 spiro atoms. The largest absolute Gasteiger partial charge is 0.507 e. The number of aromatic hydroxyl groups is 1. The molecule has 2 heteroatoms. The van der Waals surface area contributed by atoms with Gasteiger partial charge in [0.05, 0.1) is 0 Å². The molecule has 0 amide bonds. The molecule has 1 aromatic rings. The number of phenols is 1. The van der Waals surface area contributed by atoms with Gasteiger partial charge in [0.25, 0.3) is 0 Å². The minimum atomic E-state index is -2.06. The Bertz CT molecular complexity index is 674. The molecule has 1 aliphatic heterocycles. The van der Waals surface area contributed by atoms with Gasteiger partial charge < -0.3 is 9.84 Å². The van der Waals surface area contributed by atoms with E-state index in [4.69, 9.17) is 8.85 Å². The smallest absolute Gasteiger partial charge is 0.127 e. The van der Waals surface area contributed by atoms with E-state index in [-0.39, 0.29) is 23.2 Å². The van der Waals surface area contributed by atoms with Gasteiger partial charge in [0.2, 0.25) is 0 Å². The molecule has 1 heterocycles. The normalized spacial score (nSPS) is 29.1. The van der Waals surface area contributed by atoms with Crippen molar-refractivity contribution in [2.75, 3.05) is 0 Å². The topological polar surface area (TPSA) is 29.5 Å². The number of fused-ring (bicyclic) bond motifs is 3. The monoisotopic (exact) mass is 289 g/mol. The van der Waals surface area contributed by atoms with Crippen LogP contribution in [-0.4, -0.2) is 10.7 Å². The molecule has 0 saturated heterocycles. The highest BCUT2D eigenvalue weighted by Gasteiger charge is 2.45. The van der Waals surface area contributed by atoms with E-state index in [2.05, 4.69) is 20.8 Å². The number of benzene rings is 1. The summed E-state index contributed by atoms with van der Waals surface area (Å²) in [5, 5.41) is 10.6. The highest BCUT2D eigenvalue weighted by atomic mass is 16.5. The number of hydrogen-bond acceptors (Lipinski definition) is 2. The summed E-state index contributed by atoms with van der Waals surface area (Å²) in [6.45, 7) is 4.16. The second-order valence-corrected chi connectivity index (χ2v) is 6.85. The fraction of sp³-hybridized carbons (Fsp3) is 0.579. The number of ether oxygens (including phenoxy) is 1. The average Bonchev–Trinajstić information content (AvgIpc) is 2.45. The molecule has 2 nitrogen and oxygen atoms in total. The van der Waals surface area contributed by atoms with Crippen LogP contribution in [-0.2, 0) is 6.42 Å². The number of allylic oxidation sites excluding steroid dienone is 2. The molecule has 0 radical (unpaired) electrons. The quantitative estimate of drug-likeness (QED) is 0.780. The molecule has 3 rings (SSSR count). The van der Waals surface area contributed by atoms with Gasteiger partial charge in [-0.2, -0.15) is 0 Å². The maximum absolute atomic E-state index is 10.6. The summed E-state index contributed by atoms with van der Waals surface area (Å²) in [6.07, 6.45) is 5.07. The summed E-state index contributed by atoms with van der Waals surface area (Å²) in [6, 6.07) is 3.81. The molecular weight excluding hydrogens is 260 g/mol. The lowest BCUT2D eigenvalue weighted by molar-refractivity contribution is 0.0107. The van der Waals surface area contributed by atoms with Crippen LogP contribution in [0, 0.1) is 5.92 Å². The van der Waals surface area contributed by atoms with Crippen LogP contribution in [0.25, 0.3) is 0 Å². The summed E-state index contributed by atoms with van der Waals surface area (Å²) >= 11 is 0. The van der Waals surface area contributed by atoms with Crippen LogP contribution >= 0.6 is 0 Å². The van der Waals surface area contributed by atoms with E-state index < -0.39 is 6.85 Å². The summed E-state index contributed by atoms with van der Waals surface area (Å²) in [5.74, 6) is 0.986. The van der Waals surface area contributed by atoms with Crippen LogP contribution in [0.1, 0.15) is 68.0 Å². The summed E-state index contributed by atoms with van der Waals surface area (Å²) in [4.78, 5) is 0. The molecule has 0 unspecified atom stereocenters. The Kier molecular flexibility index (Phi) is 2.70. The molecule has 114 valence electrons. The van der Waals surface area contributed by atoms with E-state index in [9.17, 15) is 5.11 Å². The number of phenolic OH excluding ortho intramolecular Hbond substituents is 1. The van der Waals surface area contributed by atoms with Gasteiger partial charge in [-0.1, -0.05) is 25.0 Å². The predicted octanol–water partition coefficient (Wildman–Crippen LogP) is 4.96. The third-order valence-electron chi connectivity index (χ3n) is 4.86. The van der Waals surface area contributed by atoms with Crippen LogP contribution < -0.4 is 4.74 Å². The first kappa shape index (κ1) is 11.2. The molecule has 21 heavy (non-hydrogen) atoms. The maximum atomic E-state index is 10.6. The van der Waals surface area contributed by atoms with Crippen molar-refractivity contribution in [2.24, 2.45) is 5.92 Å². The zero-order chi connectivity index (χ0) is 17.7. The van der Waals surface area contributed by atoms with Crippen molar-refractivity contribution in [1.29, 1.82) is 0 Å². The summed E-state index contributed by atoms with van der Waals surface area (Å²) < 4.78 is 29.4. The lowest BCUT2D eigenvalue weighted by Gasteiger charge is -2.46. The van der Waals surface area contributed by atoms with Crippen LogP contribution in [0.3, 0.4) is 0 Å². The van der Waals surface area contributed by atoms with E-state index in [1.54, 1.807) is 6.07 Å². The summed E-state index contributed by atoms with van der Waals surface area (Å²) in [5.41, 5.74) is 1.93. The first-order chi connectivity index (χ1) is 11.1. The van der Waals surface area contributed by atoms with E-state index in [1.807, 2.05) is 12.1 Å². The Labute approximate surface area is 132 Å². The molecule has 2 aliphatic rings. The third kappa shape index (κ3) is 2.45. The average molecular weight is 289 g/mol. The van der Waals surface area contributed by atoms with Crippen LogP contribution in [0.5, 0.6) is 11.5 Å². The summed E-state index contributed by atoms with van der Waals surface area (Å²) in [7, 11) is 0. The van der Waals surface area contributed by atoms with Gasteiger partial charge in [0.15, 0.2) is 0 Å². The minimum Gasteiger partial charge on any atom is -0.507 e. The predicted molar refractivity (Wildman–Crippen MR) is 86.0 cm³/mol. The number of aryl methyl sites for hydroxylation is 1. The molecule has 1 aromatic carbocycles. The van der Waals surface area contributed by atoms with Crippen molar-refractivity contribution in [2.45, 2.75) is 64.8 Å². The highest BCUT2D eigenvalue weighted by molar-refractivity contribution is 5.53. The van der Waals surface area contributed by atoms with Gasteiger partial charge >= 0.3 is 0 Å². The zero-order valence-corrected chi connectivity index (χ0v) is 13.1. The number of rotatable bonds is 2. The molecule has 0 aromatic heterocycles. The second kappa shape index (κ2) is 5.08. The number of hydrogen-bond donors (Lipinski definition) is 1. The second-order valence-electron chi connectivity index (χ2n) is 6.85. The molecular formula is C19H26O2. The molecule has 0 saturated carbocycles. The van der Waals surface area contributed by atoms with Gasteiger partial charge in [-0.25, -0.2) is 0 Å². The molecule has 1 N–H and O–H groups in total. The van der Waals surface area contributed by atoms with Crippen molar-refractivity contribution in [1.82, 2.24) is 0 Å². The van der Waals surface area contributed by atoms with Gasteiger partial charge in [-0.05, 0) is 57.7 Å². The van der Waals surface area contributed by atoms with Gasteiger partial charge in [-0.15, -0.1) is 0 Å². The van der Waals surface area contributed by atoms with Gasteiger partial charge in [-0.3, -0.25) is 0 Å². The fourth-order valence-corrected chi connectivity index (χ4v) is 3.85. The van der Waals surface area contributed by atoms with Crippen molar-refractivity contribution in [3.8, 4) is 11.5 Å². The van der Waals surface area contributed by atoms with Crippen LogP contribution in [0.15, 0.2) is 23.8 Å². The van der Waals surface area contributed by atoms with E-state index in [0.29, 0.717) is 17.7 Å². The Morgan fingerprint density at radius 3 is 2.95 bits per heavy atom. The highest BCUT2D eigenvalue weighted by Crippen LogP contribution is 2.53. The van der Waals surface area contributed by atoms with E-state index in [0.717, 1.165) is 30.4 Å². The molecule has 1 aliphatic carbocycles.